The first-order valence-corrected chi connectivity index (χ1v) is 5.31. The van der Waals surface area contributed by atoms with E-state index in [1.807, 2.05) is 0 Å². The van der Waals surface area contributed by atoms with Gasteiger partial charge in [-0.1, -0.05) is 13.8 Å². The number of Topliss-reactive ketones (excluding diaryl/α,β-unsaturated/α-hetero) is 1. The molecule has 0 aliphatic carbocycles. The van der Waals surface area contributed by atoms with E-state index in [4.69, 9.17) is 4.74 Å². The molecule has 1 rings (SSSR count). The fraction of sp³-hybridized carbons (Fsp3) is 0.385. The lowest BCUT2D eigenvalue weighted by molar-refractivity contribution is 0.0933. The molecular formula is C13H17O4. The molecule has 1 radical (unpaired) electrons. The van der Waals surface area contributed by atoms with Crippen molar-refractivity contribution in [2.45, 2.75) is 20.8 Å². The second-order valence-corrected chi connectivity index (χ2v) is 4.23. The van der Waals surface area contributed by atoms with Crippen LogP contribution in [-0.4, -0.2) is 23.1 Å². The van der Waals surface area contributed by atoms with Crippen molar-refractivity contribution >= 4 is 5.78 Å². The number of carbonyl (C=O) groups is 1. The fourth-order valence-corrected chi connectivity index (χ4v) is 1.66. The summed E-state index contributed by atoms with van der Waals surface area (Å²) in [5.74, 6) is -0.792. The van der Waals surface area contributed by atoms with Crippen molar-refractivity contribution in [1.29, 1.82) is 0 Å². The largest absolute Gasteiger partial charge is 0.507 e. The number of ether oxygens (including phenoxy) is 1. The number of methoxy groups -OCH3 is 1. The van der Waals surface area contributed by atoms with Gasteiger partial charge < -0.3 is 14.9 Å². The third-order valence-corrected chi connectivity index (χ3v) is 2.71. The molecule has 93 valence electrons. The Morgan fingerprint density at radius 1 is 1.29 bits per heavy atom. The van der Waals surface area contributed by atoms with Crippen LogP contribution in [0.1, 0.15) is 35.3 Å². The number of rotatable bonds is 3. The fourth-order valence-electron chi connectivity index (χ4n) is 1.66. The summed E-state index contributed by atoms with van der Waals surface area (Å²) in [7, 11) is 1.39. The van der Waals surface area contributed by atoms with Crippen LogP contribution in [0.5, 0.6) is 17.2 Å². The summed E-state index contributed by atoms with van der Waals surface area (Å²) in [5.41, 5.74) is 0.536. The molecule has 0 saturated carbocycles. The van der Waals surface area contributed by atoms with Crippen molar-refractivity contribution in [3.8, 4) is 17.2 Å². The van der Waals surface area contributed by atoms with Crippen LogP contribution in [0.4, 0.5) is 0 Å². The molecule has 0 fully saturated rings. The minimum absolute atomic E-state index is 0.0484. The van der Waals surface area contributed by atoms with Gasteiger partial charge in [0.25, 0.3) is 0 Å². The van der Waals surface area contributed by atoms with E-state index in [0.29, 0.717) is 5.56 Å². The predicted molar refractivity (Wildman–Crippen MR) is 64.7 cm³/mol. The van der Waals surface area contributed by atoms with E-state index in [1.165, 1.54) is 7.11 Å². The topological polar surface area (TPSA) is 66.8 Å². The number of carbonyl (C=O) groups excluding carboxylic acids is 1. The van der Waals surface area contributed by atoms with Gasteiger partial charge in [-0.25, -0.2) is 0 Å². The van der Waals surface area contributed by atoms with Crippen LogP contribution in [0.25, 0.3) is 0 Å². The molecule has 17 heavy (non-hydrogen) atoms. The molecule has 0 amide bonds. The van der Waals surface area contributed by atoms with Crippen LogP contribution in [-0.2, 0) is 0 Å². The molecule has 0 bridgehead atoms. The minimum Gasteiger partial charge on any atom is -0.507 e. The van der Waals surface area contributed by atoms with Crippen LogP contribution in [0.3, 0.4) is 0 Å². The van der Waals surface area contributed by atoms with Crippen molar-refractivity contribution in [2.24, 2.45) is 5.92 Å². The molecule has 0 spiro atoms. The van der Waals surface area contributed by atoms with Gasteiger partial charge in [0.05, 0.1) is 7.11 Å². The summed E-state index contributed by atoms with van der Waals surface area (Å²) in [5, 5.41) is 19.6. The lowest BCUT2D eigenvalue weighted by Gasteiger charge is -2.17. The highest BCUT2D eigenvalue weighted by Gasteiger charge is 2.26. The first-order valence-electron chi connectivity index (χ1n) is 5.31. The van der Waals surface area contributed by atoms with Crippen molar-refractivity contribution in [3.63, 3.8) is 0 Å². The molecule has 0 saturated heterocycles. The predicted octanol–water partition coefficient (Wildman–Crippen LogP) is 2.44. The van der Waals surface area contributed by atoms with Crippen molar-refractivity contribution < 1.29 is 19.7 Å². The van der Waals surface area contributed by atoms with Gasteiger partial charge in [-0.2, -0.15) is 0 Å². The van der Waals surface area contributed by atoms with Crippen LogP contribution < -0.4 is 4.74 Å². The number of phenols is 2. The molecule has 2 N–H and O–H groups in total. The monoisotopic (exact) mass is 237 g/mol. The van der Waals surface area contributed by atoms with Gasteiger partial charge in [0, 0.05) is 17.0 Å². The molecule has 4 nitrogen and oxygen atoms in total. The number of ketones is 1. The summed E-state index contributed by atoms with van der Waals surface area (Å²) in [6.07, 6.45) is 0. The minimum atomic E-state index is -0.316. The maximum atomic E-state index is 12.0. The first-order chi connectivity index (χ1) is 7.82. The summed E-state index contributed by atoms with van der Waals surface area (Å²) in [6, 6.07) is 0. The van der Waals surface area contributed by atoms with E-state index in [9.17, 15) is 15.0 Å². The Balaban J connectivity index is 3.64. The third kappa shape index (κ3) is 2.07. The van der Waals surface area contributed by atoms with Crippen LogP contribution in [0.15, 0.2) is 0 Å². The van der Waals surface area contributed by atoms with Crippen molar-refractivity contribution in [2.75, 3.05) is 7.11 Å². The van der Waals surface area contributed by atoms with Gasteiger partial charge in [-0.3, -0.25) is 4.79 Å². The lowest BCUT2D eigenvalue weighted by atomic mass is 9.94. The molecule has 0 aromatic heterocycles. The Labute approximate surface area is 101 Å². The zero-order valence-corrected chi connectivity index (χ0v) is 10.5. The Morgan fingerprint density at radius 3 is 2.24 bits per heavy atom. The van der Waals surface area contributed by atoms with Crippen molar-refractivity contribution in [3.05, 3.63) is 23.6 Å². The third-order valence-electron chi connectivity index (χ3n) is 2.71. The molecule has 4 heteroatoms. The second-order valence-electron chi connectivity index (χ2n) is 4.23. The smallest absolute Gasteiger partial charge is 0.172 e. The molecular weight excluding hydrogens is 220 g/mol. The number of hydrogen-bond acceptors (Lipinski definition) is 4. The standard InChI is InChI=1S/C13H17O4/c1-6(2)10(14)9-12(16)7(3)11(15)8(4)13(9)17-5/h6,15-16H,3H2,1-2,4-5H3. The lowest BCUT2D eigenvalue weighted by Crippen LogP contribution is -2.11. The zero-order valence-electron chi connectivity index (χ0n) is 10.5. The summed E-state index contributed by atoms with van der Waals surface area (Å²) in [6.45, 7) is 8.62. The van der Waals surface area contributed by atoms with Crippen LogP contribution in [0, 0.1) is 19.8 Å². The van der Waals surface area contributed by atoms with Crippen LogP contribution >= 0.6 is 0 Å². The molecule has 0 heterocycles. The second kappa shape index (κ2) is 4.65. The zero-order chi connectivity index (χ0) is 13.3. The summed E-state index contributed by atoms with van der Waals surface area (Å²) in [4.78, 5) is 12.0. The quantitative estimate of drug-likeness (QED) is 0.792. The summed E-state index contributed by atoms with van der Waals surface area (Å²) < 4.78 is 5.10. The van der Waals surface area contributed by atoms with E-state index in [0.717, 1.165) is 0 Å². The van der Waals surface area contributed by atoms with Gasteiger partial charge in [-0.15, -0.1) is 0 Å². The average Bonchev–Trinajstić information content (AvgIpc) is 2.29. The van der Waals surface area contributed by atoms with E-state index in [1.54, 1.807) is 20.8 Å². The van der Waals surface area contributed by atoms with Gasteiger partial charge >= 0.3 is 0 Å². The van der Waals surface area contributed by atoms with Gasteiger partial charge in [0.15, 0.2) is 5.78 Å². The van der Waals surface area contributed by atoms with Crippen LogP contribution in [0.2, 0.25) is 0 Å². The highest BCUT2D eigenvalue weighted by Crippen LogP contribution is 2.42. The molecule has 1 aromatic carbocycles. The van der Waals surface area contributed by atoms with Gasteiger partial charge in [-0.05, 0) is 13.8 Å². The molecule has 0 atom stereocenters. The number of aromatic hydroxyl groups is 2. The Bertz CT molecular complexity index is 461. The maximum Gasteiger partial charge on any atom is 0.172 e. The average molecular weight is 237 g/mol. The maximum absolute atomic E-state index is 12.0. The van der Waals surface area contributed by atoms with Gasteiger partial charge in [0.2, 0.25) is 0 Å². The number of hydrogen-bond donors (Lipinski definition) is 2. The van der Waals surface area contributed by atoms with Gasteiger partial charge in [0.1, 0.15) is 22.8 Å². The highest BCUT2D eigenvalue weighted by atomic mass is 16.5. The van der Waals surface area contributed by atoms with Crippen molar-refractivity contribution in [1.82, 2.24) is 0 Å². The Kier molecular flexibility index (Phi) is 3.66. The molecule has 1 aromatic rings. The number of benzene rings is 1. The first kappa shape index (κ1) is 13.4. The Morgan fingerprint density at radius 2 is 1.82 bits per heavy atom. The van der Waals surface area contributed by atoms with E-state index in [-0.39, 0.29) is 40.1 Å². The number of phenolic OH excluding ortho intramolecular Hbond substituents is 2. The Hall–Kier alpha value is -1.71. The SMILES string of the molecule is [CH2]c1c(O)c(C)c(OC)c(C(=O)C(C)C)c1O. The highest BCUT2D eigenvalue weighted by molar-refractivity contribution is 6.03. The molecule has 0 aliphatic heterocycles. The molecule has 0 aliphatic rings. The van der Waals surface area contributed by atoms with E-state index in [2.05, 4.69) is 6.92 Å². The van der Waals surface area contributed by atoms with E-state index < -0.39 is 0 Å². The molecule has 0 unspecified atom stereocenters. The normalized spacial score (nSPS) is 10.7. The summed E-state index contributed by atoms with van der Waals surface area (Å²) >= 11 is 0. The van der Waals surface area contributed by atoms with E-state index >= 15 is 0 Å².